The lowest BCUT2D eigenvalue weighted by Gasteiger charge is -2.33. The Bertz CT molecular complexity index is 625. The molecule has 3 nitrogen and oxygen atoms in total. The molecule has 1 aromatic carbocycles. The van der Waals surface area contributed by atoms with E-state index in [2.05, 4.69) is 45.0 Å². The van der Waals surface area contributed by atoms with Gasteiger partial charge in [0.25, 0.3) is 0 Å². The third kappa shape index (κ3) is 6.83. The largest absolute Gasteiger partial charge is 0.393 e. The normalized spacial score (nSPS) is 25.6. The van der Waals surface area contributed by atoms with Crippen LogP contribution in [-0.4, -0.2) is 35.1 Å². The number of hydrogen-bond donors (Lipinski definition) is 1. The molecule has 2 aliphatic carbocycles. The summed E-state index contributed by atoms with van der Waals surface area (Å²) in [5.74, 6) is 2.40. The molecule has 1 N–H and O–H groups in total. The van der Waals surface area contributed by atoms with Crippen molar-refractivity contribution >= 4 is 5.91 Å². The van der Waals surface area contributed by atoms with Crippen LogP contribution in [0.3, 0.4) is 0 Å². The minimum Gasteiger partial charge on any atom is -0.393 e. The van der Waals surface area contributed by atoms with Crippen LogP contribution in [0.5, 0.6) is 0 Å². The molecule has 0 aromatic heterocycles. The van der Waals surface area contributed by atoms with Crippen LogP contribution in [-0.2, 0) is 17.6 Å². The molecule has 0 bridgehead atoms. The fraction of sp³-hybridized carbons (Fsp3) is 0.741. The van der Waals surface area contributed by atoms with Gasteiger partial charge in [-0.25, -0.2) is 0 Å². The van der Waals surface area contributed by atoms with Gasteiger partial charge in [-0.05, 0) is 80.8 Å². The van der Waals surface area contributed by atoms with Crippen molar-refractivity contribution in [2.24, 2.45) is 17.3 Å². The van der Waals surface area contributed by atoms with Gasteiger partial charge < -0.3 is 10.0 Å². The Balaban J connectivity index is 0.000000340. The summed E-state index contributed by atoms with van der Waals surface area (Å²) in [4.78, 5) is 14.8. The number of likely N-dealkylation sites (tertiary alicyclic amines) is 1. The number of carbonyl (C=O) groups is 1. The topological polar surface area (TPSA) is 40.5 Å². The van der Waals surface area contributed by atoms with Crippen molar-refractivity contribution < 1.29 is 9.90 Å². The number of aliphatic hydroxyl groups excluding tert-OH is 1. The molecular formula is C27H45NO2. The van der Waals surface area contributed by atoms with E-state index in [0.29, 0.717) is 5.91 Å². The molecule has 1 aromatic rings. The predicted molar refractivity (Wildman–Crippen MR) is 127 cm³/mol. The summed E-state index contributed by atoms with van der Waals surface area (Å²) in [6, 6.07) is 8.74. The van der Waals surface area contributed by atoms with Crippen LogP contribution in [0.4, 0.5) is 0 Å². The van der Waals surface area contributed by atoms with Gasteiger partial charge in [0.05, 0.1) is 11.5 Å². The Kier molecular flexibility index (Phi) is 9.87. The third-order valence-corrected chi connectivity index (χ3v) is 7.18. The number of aryl methyl sites for hydroxylation is 1. The van der Waals surface area contributed by atoms with E-state index < -0.39 is 0 Å². The van der Waals surface area contributed by atoms with Gasteiger partial charge in [-0.3, -0.25) is 4.79 Å². The molecule has 1 aliphatic heterocycles. The molecular weight excluding hydrogens is 370 g/mol. The van der Waals surface area contributed by atoms with Gasteiger partial charge in [-0.2, -0.15) is 0 Å². The van der Waals surface area contributed by atoms with E-state index in [9.17, 15) is 9.90 Å². The zero-order chi connectivity index (χ0) is 22.1. The highest BCUT2D eigenvalue weighted by molar-refractivity contribution is 5.85. The Morgan fingerprint density at radius 1 is 1.00 bits per heavy atom. The Labute approximate surface area is 185 Å². The highest BCUT2D eigenvalue weighted by Gasteiger charge is 2.47. The maximum absolute atomic E-state index is 12.8. The number of nitrogens with zero attached hydrogens (tertiary/aromatic N) is 1. The summed E-state index contributed by atoms with van der Waals surface area (Å²) in [6.07, 6.45) is 9.11. The summed E-state index contributed by atoms with van der Waals surface area (Å²) in [5.41, 5.74) is 2.52. The molecule has 1 saturated heterocycles. The van der Waals surface area contributed by atoms with E-state index in [0.717, 1.165) is 69.9 Å². The second-order valence-electron chi connectivity index (χ2n) is 9.56. The quantitative estimate of drug-likeness (QED) is 0.638. The van der Waals surface area contributed by atoms with Gasteiger partial charge in [-0.1, -0.05) is 58.9 Å². The van der Waals surface area contributed by atoms with Crippen molar-refractivity contribution in [2.75, 3.05) is 13.1 Å². The van der Waals surface area contributed by atoms with Gasteiger partial charge in [-0.15, -0.1) is 0 Å². The van der Waals surface area contributed by atoms with Gasteiger partial charge in [0.2, 0.25) is 5.91 Å². The van der Waals surface area contributed by atoms with Crippen LogP contribution >= 0.6 is 0 Å². The van der Waals surface area contributed by atoms with Crippen LogP contribution in [0, 0.1) is 17.3 Å². The number of carbonyl (C=O) groups excluding carboxylic acids is 1. The smallest absolute Gasteiger partial charge is 0.228 e. The Morgan fingerprint density at radius 2 is 1.57 bits per heavy atom. The van der Waals surface area contributed by atoms with Crippen molar-refractivity contribution in [3.8, 4) is 0 Å². The standard InChI is InChI=1S/C19H27NO2.C6H12.C2H6/c1-2-15-3-5-16(6-4-15)9-13-20-14-12-19(18(20)22)10-7-17(21)8-11-19;1-5(2)6-3-4-6;1-2/h3-6,17,21H,2,7-14H2,1H3;5-6H,3-4H2,1-2H3;1-2H3. The second kappa shape index (κ2) is 11.9. The molecule has 170 valence electrons. The first-order valence-corrected chi connectivity index (χ1v) is 12.5. The summed E-state index contributed by atoms with van der Waals surface area (Å²) >= 11 is 0. The highest BCUT2D eigenvalue weighted by Crippen LogP contribution is 2.44. The van der Waals surface area contributed by atoms with E-state index in [1.165, 1.54) is 24.0 Å². The molecule has 3 heteroatoms. The molecule has 1 amide bonds. The molecule has 0 atom stereocenters. The molecule has 0 radical (unpaired) electrons. The Hall–Kier alpha value is -1.35. The van der Waals surface area contributed by atoms with Crippen molar-refractivity contribution in [1.29, 1.82) is 0 Å². The van der Waals surface area contributed by atoms with Crippen molar-refractivity contribution in [2.45, 2.75) is 98.5 Å². The zero-order valence-corrected chi connectivity index (χ0v) is 20.1. The minimum atomic E-state index is -0.190. The van der Waals surface area contributed by atoms with Crippen LogP contribution in [0.25, 0.3) is 0 Å². The van der Waals surface area contributed by atoms with Gasteiger partial charge >= 0.3 is 0 Å². The summed E-state index contributed by atoms with van der Waals surface area (Å²) < 4.78 is 0. The first-order chi connectivity index (χ1) is 14.4. The number of benzene rings is 1. The highest BCUT2D eigenvalue weighted by atomic mass is 16.3. The lowest BCUT2D eigenvalue weighted by Crippen LogP contribution is -2.39. The van der Waals surface area contributed by atoms with E-state index in [1.54, 1.807) is 0 Å². The molecule has 3 fully saturated rings. The SMILES string of the molecule is CC.CC(C)C1CC1.CCc1ccc(CCN2CCC3(CCC(O)CC3)C2=O)cc1. The first-order valence-electron chi connectivity index (χ1n) is 12.5. The van der Waals surface area contributed by atoms with E-state index in [4.69, 9.17) is 0 Å². The zero-order valence-electron chi connectivity index (χ0n) is 20.1. The lowest BCUT2D eigenvalue weighted by atomic mass is 9.72. The molecule has 4 rings (SSSR count). The number of amides is 1. The van der Waals surface area contributed by atoms with E-state index in [-0.39, 0.29) is 11.5 Å². The number of hydrogen-bond acceptors (Lipinski definition) is 2. The van der Waals surface area contributed by atoms with E-state index in [1.807, 2.05) is 18.7 Å². The summed E-state index contributed by atoms with van der Waals surface area (Å²) in [5, 5.41) is 9.67. The van der Waals surface area contributed by atoms with Crippen molar-refractivity contribution in [3.05, 3.63) is 35.4 Å². The average molecular weight is 416 g/mol. The van der Waals surface area contributed by atoms with Gasteiger partial charge in [0, 0.05) is 13.1 Å². The average Bonchev–Trinajstić information content (AvgIpc) is 3.59. The molecule has 30 heavy (non-hydrogen) atoms. The fourth-order valence-electron chi connectivity index (χ4n) is 4.69. The maximum atomic E-state index is 12.8. The molecule has 0 unspecified atom stereocenters. The summed E-state index contributed by atoms with van der Waals surface area (Å²) in [6.45, 7) is 12.5. The molecule has 2 saturated carbocycles. The first kappa shape index (κ1) is 24.9. The van der Waals surface area contributed by atoms with Gasteiger partial charge in [0.15, 0.2) is 0 Å². The maximum Gasteiger partial charge on any atom is 0.228 e. The minimum absolute atomic E-state index is 0.148. The number of aliphatic hydroxyl groups is 1. The molecule has 3 aliphatic rings. The predicted octanol–water partition coefficient (Wildman–Crippen LogP) is 6.02. The second-order valence-corrected chi connectivity index (χ2v) is 9.56. The summed E-state index contributed by atoms with van der Waals surface area (Å²) in [7, 11) is 0. The number of rotatable bonds is 5. The third-order valence-electron chi connectivity index (χ3n) is 7.18. The van der Waals surface area contributed by atoms with Crippen LogP contribution in [0.1, 0.15) is 90.7 Å². The fourth-order valence-corrected chi connectivity index (χ4v) is 4.69. The Morgan fingerprint density at radius 3 is 2.03 bits per heavy atom. The molecule has 1 spiro atoms. The van der Waals surface area contributed by atoms with E-state index >= 15 is 0 Å². The van der Waals surface area contributed by atoms with Gasteiger partial charge in [0.1, 0.15) is 0 Å². The van der Waals surface area contributed by atoms with Crippen LogP contribution < -0.4 is 0 Å². The van der Waals surface area contributed by atoms with Crippen LogP contribution in [0.2, 0.25) is 0 Å². The van der Waals surface area contributed by atoms with Crippen molar-refractivity contribution in [3.63, 3.8) is 0 Å². The molecule has 1 heterocycles. The lowest BCUT2D eigenvalue weighted by molar-refractivity contribution is -0.138. The van der Waals surface area contributed by atoms with Crippen LogP contribution in [0.15, 0.2) is 24.3 Å². The monoisotopic (exact) mass is 415 g/mol. The van der Waals surface area contributed by atoms with Crippen molar-refractivity contribution in [1.82, 2.24) is 4.90 Å².